The van der Waals surface area contributed by atoms with Crippen LogP contribution in [0.25, 0.3) is 0 Å². The molecule has 1 atom stereocenters. The SMILES string of the molecule is Cc1cc(C)c(N2CC[C@H](NC(=O)c3cccnc3)C2=O)c(C)c1. The molecule has 24 heavy (non-hydrogen) atoms. The Balaban J connectivity index is 1.78. The van der Waals surface area contributed by atoms with E-state index in [0.717, 1.165) is 16.8 Å². The van der Waals surface area contributed by atoms with E-state index in [-0.39, 0.29) is 11.8 Å². The summed E-state index contributed by atoms with van der Waals surface area (Å²) in [7, 11) is 0. The third kappa shape index (κ3) is 3.02. The van der Waals surface area contributed by atoms with Crippen molar-refractivity contribution < 1.29 is 9.59 Å². The number of carbonyl (C=O) groups excluding carboxylic acids is 2. The predicted molar refractivity (Wildman–Crippen MR) is 93.1 cm³/mol. The lowest BCUT2D eigenvalue weighted by atomic mass is 10.0. The zero-order valence-corrected chi connectivity index (χ0v) is 14.2. The molecule has 2 aromatic rings. The Morgan fingerprint density at radius 2 is 1.96 bits per heavy atom. The molecule has 5 nitrogen and oxygen atoms in total. The van der Waals surface area contributed by atoms with Crippen molar-refractivity contribution in [2.45, 2.75) is 33.2 Å². The van der Waals surface area contributed by atoms with Crippen LogP contribution in [0, 0.1) is 20.8 Å². The van der Waals surface area contributed by atoms with Crippen molar-refractivity contribution in [1.82, 2.24) is 10.3 Å². The van der Waals surface area contributed by atoms with Crippen LogP contribution in [-0.2, 0) is 4.79 Å². The highest BCUT2D eigenvalue weighted by Crippen LogP contribution is 2.30. The molecule has 1 aliphatic rings. The van der Waals surface area contributed by atoms with Crippen molar-refractivity contribution in [3.05, 3.63) is 58.9 Å². The lowest BCUT2D eigenvalue weighted by Crippen LogP contribution is -2.41. The number of nitrogens with zero attached hydrogens (tertiary/aromatic N) is 2. The standard InChI is InChI=1S/C19H21N3O2/c1-12-9-13(2)17(14(3)10-12)22-8-6-16(19(22)24)21-18(23)15-5-4-7-20-11-15/h4-5,7,9-11,16H,6,8H2,1-3H3,(H,21,23)/t16-/m0/s1. The van der Waals surface area contributed by atoms with Gasteiger partial charge in [-0.25, -0.2) is 0 Å². The molecule has 0 saturated carbocycles. The summed E-state index contributed by atoms with van der Waals surface area (Å²) in [4.78, 5) is 30.7. The van der Waals surface area contributed by atoms with Crippen LogP contribution < -0.4 is 10.2 Å². The quantitative estimate of drug-likeness (QED) is 0.944. The van der Waals surface area contributed by atoms with Gasteiger partial charge in [-0.2, -0.15) is 0 Å². The molecular weight excluding hydrogens is 302 g/mol. The maximum Gasteiger partial charge on any atom is 0.253 e. The van der Waals surface area contributed by atoms with E-state index in [0.29, 0.717) is 18.5 Å². The van der Waals surface area contributed by atoms with Crippen molar-refractivity contribution >= 4 is 17.5 Å². The molecule has 1 aliphatic heterocycles. The lowest BCUT2D eigenvalue weighted by molar-refractivity contribution is -0.118. The van der Waals surface area contributed by atoms with Crippen LogP contribution in [0.1, 0.15) is 33.5 Å². The maximum absolute atomic E-state index is 12.8. The smallest absolute Gasteiger partial charge is 0.253 e. The summed E-state index contributed by atoms with van der Waals surface area (Å²) >= 11 is 0. The summed E-state index contributed by atoms with van der Waals surface area (Å²) in [6.07, 6.45) is 3.72. The number of rotatable bonds is 3. The largest absolute Gasteiger partial charge is 0.340 e. The first-order chi connectivity index (χ1) is 11.5. The molecule has 3 rings (SSSR count). The third-order valence-corrected chi connectivity index (χ3v) is 4.34. The molecule has 0 unspecified atom stereocenters. The van der Waals surface area contributed by atoms with Crippen LogP contribution in [0.3, 0.4) is 0 Å². The highest BCUT2D eigenvalue weighted by molar-refractivity contribution is 6.04. The number of pyridine rings is 1. The summed E-state index contributed by atoms with van der Waals surface area (Å²) in [5.74, 6) is -0.317. The normalized spacial score (nSPS) is 17.2. The summed E-state index contributed by atoms with van der Waals surface area (Å²) < 4.78 is 0. The zero-order chi connectivity index (χ0) is 17.3. The minimum Gasteiger partial charge on any atom is -0.340 e. The summed E-state index contributed by atoms with van der Waals surface area (Å²) in [6, 6.07) is 7.07. The van der Waals surface area contributed by atoms with E-state index in [1.54, 1.807) is 23.2 Å². The second kappa shape index (κ2) is 6.43. The Hall–Kier alpha value is -2.69. The molecular formula is C19H21N3O2. The van der Waals surface area contributed by atoms with Gasteiger partial charge in [0, 0.05) is 24.6 Å². The molecule has 0 spiro atoms. The van der Waals surface area contributed by atoms with Gasteiger partial charge in [-0.15, -0.1) is 0 Å². The molecule has 124 valence electrons. The van der Waals surface area contributed by atoms with E-state index in [2.05, 4.69) is 22.4 Å². The molecule has 2 amide bonds. The molecule has 1 fully saturated rings. The average Bonchev–Trinajstić information content (AvgIpc) is 2.88. The molecule has 1 saturated heterocycles. The van der Waals surface area contributed by atoms with Gasteiger partial charge in [0.15, 0.2) is 0 Å². The second-order valence-electron chi connectivity index (χ2n) is 6.29. The number of hydrogen-bond donors (Lipinski definition) is 1. The summed E-state index contributed by atoms with van der Waals surface area (Å²) in [6.45, 7) is 6.70. The number of benzene rings is 1. The van der Waals surface area contributed by atoms with Crippen molar-refractivity contribution in [1.29, 1.82) is 0 Å². The Labute approximate surface area is 141 Å². The second-order valence-corrected chi connectivity index (χ2v) is 6.29. The highest BCUT2D eigenvalue weighted by Gasteiger charge is 2.35. The van der Waals surface area contributed by atoms with Crippen molar-refractivity contribution in [3.63, 3.8) is 0 Å². The Morgan fingerprint density at radius 1 is 1.25 bits per heavy atom. The molecule has 1 N–H and O–H groups in total. The number of anilines is 1. The fourth-order valence-corrected chi connectivity index (χ4v) is 3.37. The molecule has 0 aliphatic carbocycles. The molecule has 1 aromatic carbocycles. The number of aryl methyl sites for hydroxylation is 3. The van der Waals surface area contributed by atoms with Gasteiger partial charge in [0.25, 0.3) is 5.91 Å². The number of amides is 2. The van der Waals surface area contributed by atoms with Crippen LogP contribution in [0.5, 0.6) is 0 Å². The minimum absolute atomic E-state index is 0.0534. The first kappa shape index (κ1) is 16.2. The monoisotopic (exact) mass is 323 g/mol. The number of carbonyl (C=O) groups is 2. The first-order valence-corrected chi connectivity index (χ1v) is 8.07. The fraction of sp³-hybridized carbons (Fsp3) is 0.316. The lowest BCUT2D eigenvalue weighted by Gasteiger charge is -2.22. The van der Waals surface area contributed by atoms with E-state index < -0.39 is 6.04 Å². The van der Waals surface area contributed by atoms with Gasteiger partial charge >= 0.3 is 0 Å². The van der Waals surface area contributed by atoms with Crippen molar-refractivity contribution in [2.75, 3.05) is 11.4 Å². The van der Waals surface area contributed by atoms with Crippen LogP contribution in [0.2, 0.25) is 0 Å². The Kier molecular flexibility index (Phi) is 4.34. The average molecular weight is 323 g/mol. The molecule has 2 heterocycles. The van der Waals surface area contributed by atoms with E-state index >= 15 is 0 Å². The molecule has 0 radical (unpaired) electrons. The molecule has 0 bridgehead atoms. The first-order valence-electron chi connectivity index (χ1n) is 8.07. The van der Waals surface area contributed by atoms with Crippen molar-refractivity contribution in [2.24, 2.45) is 0 Å². The van der Waals surface area contributed by atoms with Gasteiger partial charge in [0.1, 0.15) is 6.04 Å². The van der Waals surface area contributed by atoms with Gasteiger partial charge in [0.05, 0.1) is 5.56 Å². The summed E-state index contributed by atoms with van der Waals surface area (Å²) in [5.41, 5.74) is 4.78. The van der Waals surface area contributed by atoms with Crippen LogP contribution in [-0.4, -0.2) is 29.4 Å². The maximum atomic E-state index is 12.8. The number of aromatic nitrogens is 1. The van der Waals surface area contributed by atoms with E-state index in [4.69, 9.17) is 0 Å². The van der Waals surface area contributed by atoms with Crippen molar-refractivity contribution in [3.8, 4) is 0 Å². The third-order valence-electron chi connectivity index (χ3n) is 4.34. The highest BCUT2D eigenvalue weighted by atomic mass is 16.2. The van der Waals surface area contributed by atoms with E-state index in [9.17, 15) is 9.59 Å². The van der Waals surface area contributed by atoms with Gasteiger partial charge in [0.2, 0.25) is 5.91 Å². The van der Waals surface area contributed by atoms with Gasteiger partial charge < -0.3 is 10.2 Å². The van der Waals surface area contributed by atoms with Crippen LogP contribution in [0.4, 0.5) is 5.69 Å². The van der Waals surface area contributed by atoms with Crippen LogP contribution >= 0.6 is 0 Å². The Morgan fingerprint density at radius 3 is 2.58 bits per heavy atom. The zero-order valence-electron chi connectivity index (χ0n) is 14.2. The van der Waals surface area contributed by atoms with Gasteiger partial charge in [-0.05, 0) is 50.5 Å². The van der Waals surface area contributed by atoms with E-state index in [1.165, 1.54) is 11.8 Å². The van der Waals surface area contributed by atoms with E-state index in [1.807, 2.05) is 20.8 Å². The minimum atomic E-state index is -0.488. The summed E-state index contributed by atoms with van der Waals surface area (Å²) in [5, 5.41) is 2.82. The fourth-order valence-electron chi connectivity index (χ4n) is 3.37. The Bertz CT molecular complexity index is 763. The predicted octanol–water partition coefficient (Wildman–Crippen LogP) is 2.54. The molecule has 1 aromatic heterocycles. The number of nitrogens with one attached hydrogen (secondary N) is 1. The van der Waals surface area contributed by atoms with Gasteiger partial charge in [-0.1, -0.05) is 17.7 Å². The molecule has 5 heteroatoms. The number of hydrogen-bond acceptors (Lipinski definition) is 3. The van der Waals surface area contributed by atoms with Gasteiger partial charge in [-0.3, -0.25) is 14.6 Å². The van der Waals surface area contributed by atoms with Crippen LogP contribution in [0.15, 0.2) is 36.7 Å². The topological polar surface area (TPSA) is 62.3 Å².